The monoisotopic (exact) mass is 388 g/mol. The molecule has 0 heterocycles. The molecule has 0 bridgehead atoms. The van der Waals surface area contributed by atoms with Gasteiger partial charge in [-0.05, 0) is 52.8 Å². The summed E-state index contributed by atoms with van der Waals surface area (Å²) < 4.78 is 2.51. The highest BCUT2D eigenvalue weighted by Gasteiger charge is 2.02. The first-order valence-electron chi connectivity index (χ1n) is 3.15. The van der Waals surface area contributed by atoms with E-state index in [2.05, 4.69) is 73.5 Å². The van der Waals surface area contributed by atoms with Crippen LogP contribution in [0.25, 0.3) is 0 Å². The molecule has 1 aromatic rings. The molecular formula is C8H7Br2I. The maximum atomic E-state index is 3.54. The number of halogens is 3. The number of hydrogen-bond donors (Lipinski definition) is 0. The van der Waals surface area contributed by atoms with Crippen LogP contribution >= 0.6 is 54.5 Å². The van der Waals surface area contributed by atoms with Gasteiger partial charge in [-0.15, -0.1) is 0 Å². The molecule has 0 nitrogen and oxygen atoms in total. The van der Waals surface area contributed by atoms with Crippen molar-refractivity contribution in [3.8, 4) is 0 Å². The summed E-state index contributed by atoms with van der Waals surface area (Å²) in [5.74, 6) is 0. The van der Waals surface area contributed by atoms with E-state index in [-0.39, 0.29) is 0 Å². The molecule has 0 aliphatic rings. The lowest BCUT2D eigenvalue weighted by Crippen LogP contribution is -1.86. The smallest absolute Gasteiger partial charge is 0.0294 e. The van der Waals surface area contributed by atoms with Crippen LogP contribution in [0.2, 0.25) is 0 Å². The topological polar surface area (TPSA) is 0 Å². The lowest BCUT2D eigenvalue weighted by molar-refractivity contribution is 1.31. The van der Waals surface area contributed by atoms with Crippen LogP contribution in [0.1, 0.15) is 11.1 Å². The third-order valence-corrected chi connectivity index (χ3v) is 3.80. The third kappa shape index (κ3) is 2.42. The molecule has 0 aliphatic heterocycles. The fourth-order valence-electron chi connectivity index (χ4n) is 0.892. The van der Waals surface area contributed by atoms with Crippen molar-refractivity contribution in [2.24, 2.45) is 0 Å². The molecule has 0 saturated carbocycles. The molecule has 1 rings (SSSR count). The first kappa shape index (κ1) is 9.99. The van der Waals surface area contributed by atoms with Crippen molar-refractivity contribution in [3.05, 3.63) is 31.3 Å². The maximum absolute atomic E-state index is 3.54. The van der Waals surface area contributed by atoms with Crippen LogP contribution in [0, 0.1) is 10.5 Å². The Morgan fingerprint density at radius 2 is 2.09 bits per heavy atom. The minimum atomic E-state index is 0.908. The molecule has 60 valence electrons. The second-order valence-electron chi connectivity index (χ2n) is 2.33. The number of rotatable bonds is 1. The zero-order chi connectivity index (χ0) is 8.43. The average molecular weight is 390 g/mol. The summed E-state index contributed by atoms with van der Waals surface area (Å²) in [5, 5.41) is 0.908. The van der Waals surface area contributed by atoms with Gasteiger partial charge in [0.2, 0.25) is 0 Å². The molecule has 0 saturated heterocycles. The summed E-state index contributed by atoms with van der Waals surface area (Å²) in [4.78, 5) is 0. The fourth-order valence-corrected chi connectivity index (χ4v) is 2.92. The van der Waals surface area contributed by atoms with Crippen LogP contribution in [-0.2, 0) is 5.33 Å². The zero-order valence-electron chi connectivity index (χ0n) is 6.00. The molecule has 0 aromatic heterocycles. The van der Waals surface area contributed by atoms with Gasteiger partial charge in [0, 0.05) is 13.4 Å². The molecule has 1 aromatic carbocycles. The summed E-state index contributed by atoms with van der Waals surface area (Å²) in [7, 11) is 0. The van der Waals surface area contributed by atoms with Crippen molar-refractivity contribution >= 4 is 54.5 Å². The van der Waals surface area contributed by atoms with Crippen LogP contribution in [-0.4, -0.2) is 0 Å². The normalized spacial score (nSPS) is 10.2. The van der Waals surface area contributed by atoms with E-state index in [9.17, 15) is 0 Å². The first-order valence-corrected chi connectivity index (χ1v) is 6.15. The Labute approximate surface area is 97.2 Å². The Morgan fingerprint density at radius 3 is 2.64 bits per heavy atom. The van der Waals surface area contributed by atoms with Gasteiger partial charge >= 0.3 is 0 Å². The van der Waals surface area contributed by atoms with Crippen molar-refractivity contribution in [3.63, 3.8) is 0 Å². The minimum absolute atomic E-state index is 0.908. The van der Waals surface area contributed by atoms with Crippen LogP contribution in [0.4, 0.5) is 0 Å². The van der Waals surface area contributed by atoms with Crippen LogP contribution < -0.4 is 0 Å². The van der Waals surface area contributed by atoms with E-state index in [1.54, 1.807) is 0 Å². The Kier molecular flexibility index (Phi) is 3.85. The van der Waals surface area contributed by atoms with Gasteiger partial charge in [-0.2, -0.15) is 0 Å². The SMILES string of the molecule is Cc1cc(I)cc(CBr)c1Br. The van der Waals surface area contributed by atoms with Crippen LogP contribution in [0.15, 0.2) is 16.6 Å². The van der Waals surface area contributed by atoms with E-state index in [1.165, 1.54) is 19.2 Å². The highest BCUT2D eigenvalue weighted by atomic mass is 127. The molecule has 0 fully saturated rings. The zero-order valence-corrected chi connectivity index (χ0v) is 11.3. The molecule has 0 unspecified atom stereocenters. The molecule has 3 heteroatoms. The van der Waals surface area contributed by atoms with Crippen molar-refractivity contribution in [2.75, 3.05) is 0 Å². The van der Waals surface area contributed by atoms with E-state index >= 15 is 0 Å². The Bertz CT molecular complexity index is 271. The Hall–Kier alpha value is 0.910. The summed E-state index contributed by atoms with van der Waals surface area (Å²) in [6, 6.07) is 4.34. The minimum Gasteiger partial charge on any atom is -0.0876 e. The quantitative estimate of drug-likeness (QED) is 0.497. The predicted octanol–water partition coefficient (Wildman–Crippen LogP) is 4.26. The van der Waals surface area contributed by atoms with Gasteiger partial charge in [0.1, 0.15) is 0 Å². The molecule has 11 heavy (non-hydrogen) atoms. The summed E-state index contributed by atoms with van der Waals surface area (Å²) in [6.07, 6.45) is 0. The van der Waals surface area contributed by atoms with Gasteiger partial charge in [0.15, 0.2) is 0 Å². The van der Waals surface area contributed by atoms with E-state index in [0.717, 1.165) is 5.33 Å². The predicted molar refractivity (Wildman–Crippen MR) is 64.2 cm³/mol. The van der Waals surface area contributed by atoms with Crippen molar-refractivity contribution < 1.29 is 0 Å². The summed E-state index contributed by atoms with van der Waals surface area (Å²) in [5.41, 5.74) is 2.61. The largest absolute Gasteiger partial charge is 0.0876 e. The van der Waals surface area contributed by atoms with Crippen molar-refractivity contribution in [1.29, 1.82) is 0 Å². The van der Waals surface area contributed by atoms with Gasteiger partial charge in [0.25, 0.3) is 0 Å². The highest BCUT2D eigenvalue weighted by Crippen LogP contribution is 2.25. The van der Waals surface area contributed by atoms with Gasteiger partial charge in [-0.3, -0.25) is 0 Å². The van der Waals surface area contributed by atoms with Crippen molar-refractivity contribution in [1.82, 2.24) is 0 Å². The molecule has 0 aliphatic carbocycles. The third-order valence-electron chi connectivity index (χ3n) is 1.44. The van der Waals surface area contributed by atoms with E-state index in [4.69, 9.17) is 0 Å². The van der Waals surface area contributed by atoms with Crippen LogP contribution in [0.5, 0.6) is 0 Å². The first-order chi connectivity index (χ1) is 5.15. The number of alkyl halides is 1. The van der Waals surface area contributed by atoms with Crippen molar-refractivity contribution in [2.45, 2.75) is 12.3 Å². The number of aryl methyl sites for hydroxylation is 1. The lowest BCUT2D eigenvalue weighted by Gasteiger charge is -2.04. The van der Waals surface area contributed by atoms with Gasteiger partial charge in [-0.1, -0.05) is 31.9 Å². The molecular weight excluding hydrogens is 383 g/mol. The van der Waals surface area contributed by atoms with Crippen LogP contribution in [0.3, 0.4) is 0 Å². The average Bonchev–Trinajstić information content (AvgIpc) is 1.96. The van der Waals surface area contributed by atoms with Gasteiger partial charge < -0.3 is 0 Å². The fraction of sp³-hybridized carbons (Fsp3) is 0.250. The standard InChI is InChI=1S/C8H7Br2I/c1-5-2-7(11)3-6(4-9)8(5)10/h2-3H,4H2,1H3. The molecule has 0 radical (unpaired) electrons. The molecule has 0 amide bonds. The molecule has 0 N–H and O–H groups in total. The second-order valence-corrected chi connectivity index (χ2v) is 4.93. The number of benzene rings is 1. The highest BCUT2D eigenvalue weighted by molar-refractivity contribution is 14.1. The second kappa shape index (κ2) is 4.23. The Morgan fingerprint density at radius 1 is 1.45 bits per heavy atom. The summed E-state index contributed by atoms with van der Waals surface area (Å²) in [6.45, 7) is 2.11. The van der Waals surface area contributed by atoms with E-state index < -0.39 is 0 Å². The van der Waals surface area contributed by atoms with E-state index in [0.29, 0.717) is 0 Å². The molecule has 0 spiro atoms. The number of hydrogen-bond acceptors (Lipinski definition) is 0. The lowest BCUT2D eigenvalue weighted by atomic mass is 10.2. The van der Waals surface area contributed by atoms with Gasteiger partial charge in [0.05, 0.1) is 0 Å². The van der Waals surface area contributed by atoms with E-state index in [1.807, 2.05) is 0 Å². The maximum Gasteiger partial charge on any atom is 0.0294 e. The van der Waals surface area contributed by atoms with Gasteiger partial charge in [-0.25, -0.2) is 0 Å². The Balaban J connectivity index is 3.24. The summed E-state index contributed by atoms with van der Waals surface area (Å²) >= 11 is 9.31. The molecule has 0 atom stereocenters.